The molecule has 2 rings (SSSR count). The lowest BCUT2D eigenvalue weighted by Crippen LogP contribution is -2.23. The summed E-state index contributed by atoms with van der Waals surface area (Å²) in [6.45, 7) is 11.0. The zero-order valence-electron chi connectivity index (χ0n) is 12.7. The van der Waals surface area contributed by atoms with Gasteiger partial charge in [0.2, 0.25) is 0 Å². The Morgan fingerprint density at radius 1 is 0.950 bits per heavy atom. The van der Waals surface area contributed by atoms with Crippen molar-refractivity contribution in [1.82, 2.24) is 25.3 Å². The van der Waals surface area contributed by atoms with Crippen LogP contribution in [0.3, 0.4) is 0 Å². The summed E-state index contributed by atoms with van der Waals surface area (Å²) in [6, 6.07) is 0.439. The van der Waals surface area contributed by atoms with Crippen LogP contribution in [0.4, 0.5) is 0 Å². The standard InChI is InChI=1S/C15H21N5/c1-9(2)16-8-13-11(4)19-15(20-12(13)5)14-17-6-10(3)7-18-14/h6-7,9,16H,8H2,1-5H3. The van der Waals surface area contributed by atoms with Crippen LogP contribution in [-0.4, -0.2) is 26.0 Å². The maximum atomic E-state index is 4.54. The molecule has 1 N–H and O–H groups in total. The maximum Gasteiger partial charge on any atom is 0.198 e. The number of hydrogen-bond donors (Lipinski definition) is 1. The molecular weight excluding hydrogens is 250 g/mol. The number of nitrogens with zero attached hydrogens (tertiary/aromatic N) is 4. The van der Waals surface area contributed by atoms with Gasteiger partial charge in [-0.05, 0) is 26.3 Å². The first-order valence-corrected chi connectivity index (χ1v) is 6.84. The average Bonchev–Trinajstić information content (AvgIpc) is 2.38. The molecule has 0 aromatic carbocycles. The first-order valence-electron chi connectivity index (χ1n) is 6.84. The van der Waals surface area contributed by atoms with Gasteiger partial charge in [-0.15, -0.1) is 0 Å². The van der Waals surface area contributed by atoms with Crippen LogP contribution >= 0.6 is 0 Å². The first kappa shape index (κ1) is 14.5. The van der Waals surface area contributed by atoms with Crippen molar-refractivity contribution in [3.05, 3.63) is 34.9 Å². The van der Waals surface area contributed by atoms with Crippen molar-refractivity contribution < 1.29 is 0 Å². The average molecular weight is 271 g/mol. The van der Waals surface area contributed by atoms with Crippen molar-refractivity contribution in [2.75, 3.05) is 0 Å². The Balaban J connectivity index is 2.32. The molecule has 0 bridgehead atoms. The third-order valence-corrected chi connectivity index (χ3v) is 3.09. The Bertz CT molecular complexity index is 567. The van der Waals surface area contributed by atoms with Gasteiger partial charge in [-0.1, -0.05) is 13.8 Å². The van der Waals surface area contributed by atoms with Crippen LogP contribution in [0.15, 0.2) is 12.4 Å². The van der Waals surface area contributed by atoms with Gasteiger partial charge in [0.1, 0.15) is 0 Å². The van der Waals surface area contributed by atoms with E-state index in [2.05, 4.69) is 39.1 Å². The molecule has 0 aliphatic carbocycles. The van der Waals surface area contributed by atoms with Gasteiger partial charge in [0.15, 0.2) is 11.6 Å². The predicted octanol–water partition coefficient (Wildman–Crippen LogP) is 2.36. The quantitative estimate of drug-likeness (QED) is 0.924. The lowest BCUT2D eigenvalue weighted by molar-refractivity contribution is 0.583. The lowest BCUT2D eigenvalue weighted by Gasteiger charge is -2.13. The SMILES string of the molecule is Cc1cnc(-c2nc(C)c(CNC(C)C)c(C)n2)nc1. The summed E-state index contributed by atoms with van der Waals surface area (Å²) in [5, 5.41) is 3.40. The molecular formula is C15H21N5. The van der Waals surface area contributed by atoms with Crippen molar-refractivity contribution in [2.45, 2.75) is 47.2 Å². The van der Waals surface area contributed by atoms with Crippen molar-refractivity contribution in [2.24, 2.45) is 0 Å². The highest BCUT2D eigenvalue weighted by Crippen LogP contribution is 2.15. The molecule has 0 aliphatic rings. The van der Waals surface area contributed by atoms with Gasteiger partial charge in [0.25, 0.3) is 0 Å². The highest BCUT2D eigenvalue weighted by atomic mass is 15.0. The fraction of sp³-hybridized carbons (Fsp3) is 0.467. The second kappa shape index (κ2) is 6.05. The number of nitrogens with one attached hydrogen (secondary N) is 1. The molecule has 0 unspecified atom stereocenters. The minimum atomic E-state index is 0.439. The van der Waals surface area contributed by atoms with Crippen LogP contribution in [-0.2, 0) is 6.54 Å². The summed E-state index contributed by atoms with van der Waals surface area (Å²) in [4.78, 5) is 17.6. The van der Waals surface area contributed by atoms with E-state index >= 15 is 0 Å². The Morgan fingerprint density at radius 3 is 2.00 bits per heavy atom. The Hall–Kier alpha value is -1.88. The van der Waals surface area contributed by atoms with Gasteiger partial charge < -0.3 is 5.32 Å². The van der Waals surface area contributed by atoms with E-state index in [0.717, 1.165) is 29.1 Å². The van der Waals surface area contributed by atoms with E-state index in [9.17, 15) is 0 Å². The van der Waals surface area contributed by atoms with Gasteiger partial charge in [0, 0.05) is 41.9 Å². The minimum absolute atomic E-state index is 0.439. The van der Waals surface area contributed by atoms with Gasteiger partial charge in [-0.3, -0.25) is 0 Å². The van der Waals surface area contributed by atoms with E-state index in [1.54, 1.807) is 12.4 Å². The highest BCUT2D eigenvalue weighted by molar-refractivity contribution is 5.45. The molecule has 0 spiro atoms. The van der Waals surface area contributed by atoms with Gasteiger partial charge in [-0.25, -0.2) is 19.9 Å². The van der Waals surface area contributed by atoms with Crippen LogP contribution in [0.1, 0.15) is 36.4 Å². The minimum Gasteiger partial charge on any atom is -0.310 e. The molecule has 2 aromatic rings. The summed E-state index contributed by atoms with van der Waals surface area (Å²) >= 11 is 0. The van der Waals surface area contributed by atoms with Crippen molar-refractivity contribution in [1.29, 1.82) is 0 Å². The molecule has 0 amide bonds. The first-order chi connectivity index (χ1) is 9.47. The molecule has 5 heteroatoms. The van der Waals surface area contributed by atoms with E-state index in [0.29, 0.717) is 17.7 Å². The van der Waals surface area contributed by atoms with Crippen molar-refractivity contribution in [3.63, 3.8) is 0 Å². The molecule has 0 radical (unpaired) electrons. The summed E-state index contributed by atoms with van der Waals surface area (Å²) < 4.78 is 0. The fourth-order valence-electron chi connectivity index (χ4n) is 1.91. The molecule has 0 saturated carbocycles. The topological polar surface area (TPSA) is 63.6 Å². The largest absolute Gasteiger partial charge is 0.310 e. The molecule has 2 aromatic heterocycles. The summed E-state index contributed by atoms with van der Waals surface area (Å²) in [6.07, 6.45) is 3.56. The van der Waals surface area contributed by atoms with E-state index < -0.39 is 0 Å². The van der Waals surface area contributed by atoms with Gasteiger partial charge in [-0.2, -0.15) is 0 Å². The molecule has 0 fully saturated rings. The smallest absolute Gasteiger partial charge is 0.198 e. The second-order valence-electron chi connectivity index (χ2n) is 5.32. The van der Waals surface area contributed by atoms with Crippen LogP contribution < -0.4 is 5.32 Å². The van der Waals surface area contributed by atoms with Crippen molar-refractivity contribution >= 4 is 0 Å². The third-order valence-electron chi connectivity index (χ3n) is 3.09. The molecule has 0 saturated heterocycles. The third kappa shape index (κ3) is 3.36. The van der Waals surface area contributed by atoms with Crippen LogP contribution in [0, 0.1) is 20.8 Å². The monoisotopic (exact) mass is 271 g/mol. The molecule has 106 valence electrons. The second-order valence-corrected chi connectivity index (χ2v) is 5.32. The summed E-state index contributed by atoms with van der Waals surface area (Å²) in [5.41, 5.74) is 4.13. The van der Waals surface area contributed by atoms with E-state index in [1.807, 2.05) is 20.8 Å². The Morgan fingerprint density at radius 2 is 1.50 bits per heavy atom. The Kier molecular flexibility index (Phi) is 4.39. The molecule has 0 aliphatic heterocycles. The highest BCUT2D eigenvalue weighted by Gasteiger charge is 2.11. The summed E-state index contributed by atoms with van der Waals surface area (Å²) in [5.74, 6) is 1.17. The van der Waals surface area contributed by atoms with Crippen LogP contribution in [0.2, 0.25) is 0 Å². The molecule has 5 nitrogen and oxygen atoms in total. The number of hydrogen-bond acceptors (Lipinski definition) is 5. The van der Waals surface area contributed by atoms with E-state index in [1.165, 1.54) is 0 Å². The zero-order valence-corrected chi connectivity index (χ0v) is 12.7. The summed E-state index contributed by atoms with van der Waals surface area (Å²) in [7, 11) is 0. The van der Waals surface area contributed by atoms with Crippen LogP contribution in [0.5, 0.6) is 0 Å². The fourth-order valence-corrected chi connectivity index (χ4v) is 1.91. The zero-order chi connectivity index (χ0) is 14.7. The number of aromatic nitrogens is 4. The lowest BCUT2D eigenvalue weighted by atomic mass is 10.1. The van der Waals surface area contributed by atoms with Crippen molar-refractivity contribution in [3.8, 4) is 11.6 Å². The van der Waals surface area contributed by atoms with Gasteiger partial charge in [0.05, 0.1) is 0 Å². The normalized spacial score (nSPS) is 11.1. The molecule has 0 atom stereocenters. The van der Waals surface area contributed by atoms with E-state index in [4.69, 9.17) is 0 Å². The maximum absolute atomic E-state index is 4.54. The van der Waals surface area contributed by atoms with Crippen LogP contribution in [0.25, 0.3) is 11.6 Å². The Labute approximate surface area is 119 Å². The molecule has 20 heavy (non-hydrogen) atoms. The van der Waals surface area contributed by atoms with Gasteiger partial charge >= 0.3 is 0 Å². The predicted molar refractivity (Wildman–Crippen MR) is 79.2 cm³/mol. The number of rotatable bonds is 4. The number of aryl methyl sites for hydroxylation is 3. The van der Waals surface area contributed by atoms with E-state index in [-0.39, 0.29) is 0 Å². The molecule has 2 heterocycles.